The average Bonchev–Trinajstić information content (AvgIpc) is 3.88. The van der Waals surface area contributed by atoms with Gasteiger partial charge in [0.25, 0.3) is 0 Å². The summed E-state index contributed by atoms with van der Waals surface area (Å²) in [6.07, 6.45) is 0. The quantitative estimate of drug-likeness (QED) is 0.171. The Morgan fingerprint density at radius 3 is 1.38 bits per heavy atom. The second-order valence-electron chi connectivity index (χ2n) is 15.9. The van der Waals surface area contributed by atoms with Crippen LogP contribution in [0.2, 0.25) is 0 Å². The van der Waals surface area contributed by atoms with Crippen LogP contribution in [-0.2, 0) is 5.41 Å². The number of hydrogen-bond donors (Lipinski definition) is 0. The molecule has 1 spiro atoms. The molecule has 294 valence electrons. The van der Waals surface area contributed by atoms with Crippen molar-refractivity contribution in [3.8, 4) is 79.4 Å². The first-order valence-electron chi connectivity index (χ1n) is 21.0. The fourth-order valence-electron chi connectivity index (χ4n) is 9.64. The Balaban J connectivity index is 1.08. The highest BCUT2D eigenvalue weighted by molar-refractivity contribution is 6.07. The van der Waals surface area contributed by atoms with Gasteiger partial charge in [-0.05, 0) is 58.7 Å². The van der Waals surface area contributed by atoms with Gasteiger partial charge in [-0.25, -0.2) is 24.9 Å². The van der Waals surface area contributed by atoms with E-state index >= 15 is 0 Å². The van der Waals surface area contributed by atoms with Gasteiger partial charge in [0, 0.05) is 44.3 Å². The van der Waals surface area contributed by atoms with Gasteiger partial charge in [-0.1, -0.05) is 164 Å². The second-order valence-corrected chi connectivity index (χ2v) is 15.9. The van der Waals surface area contributed by atoms with E-state index < -0.39 is 5.41 Å². The van der Waals surface area contributed by atoms with E-state index in [1.807, 2.05) is 109 Å². The summed E-state index contributed by atoms with van der Waals surface area (Å²) in [6.45, 7) is 0. The SMILES string of the molecule is c1ccc(-c2nc(-c3ccccc3)nc(-c3ccc4c(c3)-c3cc(-c5nc(-c6ccccc6)c6oc7ccccc7c6n5)ccc3C43c4ccccc4Oc4ccccc43)n2)cc1. The Morgan fingerprint density at radius 1 is 0.349 bits per heavy atom. The molecule has 63 heavy (non-hydrogen) atoms. The maximum absolute atomic E-state index is 6.66. The third-order valence-corrected chi connectivity index (χ3v) is 12.4. The molecule has 2 aliphatic rings. The molecule has 0 saturated carbocycles. The van der Waals surface area contributed by atoms with Crippen LogP contribution in [0.25, 0.3) is 90.0 Å². The molecular formula is C56H33N5O2. The Kier molecular flexibility index (Phi) is 7.68. The molecule has 11 aromatic rings. The monoisotopic (exact) mass is 807 g/mol. The molecule has 3 aromatic heterocycles. The number of aromatic nitrogens is 5. The molecule has 8 aromatic carbocycles. The summed E-state index contributed by atoms with van der Waals surface area (Å²) in [6, 6.07) is 68.5. The minimum absolute atomic E-state index is 0.588. The normalized spacial score (nSPS) is 13.0. The van der Waals surface area contributed by atoms with E-state index in [9.17, 15) is 0 Å². The molecule has 0 radical (unpaired) electrons. The van der Waals surface area contributed by atoms with Crippen LogP contribution < -0.4 is 4.74 Å². The third kappa shape index (κ3) is 5.36. The van der Waals surface area contributed by atoms with Crippen molar-refractivity contribution in [2.45, 2.75) is 5.41 Å². The lowest BCUT2D eigenvalue weighted by molar-refractivity contribution is 0.436. The third-order valence-electron chi connectivity index (χ3n) is 12.4. The average molecular weight is 808 g/mol. The van der Waals surface area contributed by atoms with Crippen molar-refractivity contribution in [2.24, 2.45) is 0 Å². The molecule has 1 aliphatic heterocycles. The first-order valence-corrected chi connectivity index (χ1v) is 21.0. The van der Waals surface area contributed by atoms with Gasteiger partial charge in [0.05, 0.1) is 5.41 Å². The number of para-hydroxylation sites is 3. The van der Waals surface area contributed by atoms with E-state index in [1.165, 1.54) is 0 Å². The van der Waals surface area contributed by atoms with Crippen molar-refractivity contribution >= 4 is 22.1 Å². The summed E-state index contributed by atoms with van der Waals surface area (Å²) in [5.74, 6) is 4.08. The van der Waals surface area contributed by atoms with Gasteiger partial charge in [0.15, 0.2) is 28.9 Å². The zero-order valence-electron chi connectivity index (χ0n) is 33.6. The highest BCUT2D eigenvalue weighted by Crippen LogP contribution is 2.62. The molecule has 13 rings (SSSR count). The fraction of sp³-hybridized carbons (Fsp3) is 0.0179. The van der Waals surface area contributed by atoms with Crippen LogP contribution >= 0.6 is 0 Å². The summed E-state index contributed by atoms with van der Waals surface area (Å²) in [5, 5.41) is 0.945. The zero-order valence-corrected chi connectivity index (χ0v) is 33.6. The second kappa shape index (κ2) is 13.7. The molecule has 4 heterocycles. The Hall–Kier alpha value is -8.55. The van der Waals surface area contributed by atoms with Crippen LogP contribution in [0.5, 0.6) is 11.5 Å². The standard InChI is InChI=1S/C56H33N5O2/c1-4-16-34(17-5-1)49-51-50(39-22-10-13-25-46(39)63-51)58-54(57-49)37-28-30-42-40(32-37)41-33-38(55-60-52(35-18-6-2-7-19-35)59-53(61-55)36-20-8-3-9-21-36)29-31-43(41)56(42)44-23-11-14-26-47(44)62-48-27-15-12-24-45(48)56/h1-33H. The maximum atomic E-state index is 6.66. The van der Waals surface area contributed by atoms with E-state index in [2.05, 4.69) is 91.0 Å². The number of hydrogen-bond acceptors (Lipinski definition) is 7. The smallest absolute Gasteiger partial charge is 0.180 e. The van der Waals surface area contributed by atoms with Gasteiger partial charge in [0.2, 0.25) is 0 Å². The van der Waals surface area contributed by atoms with Crippen molar-refractivity contribution in [2.75, 3.05) is 0 Å². The lowest BCUT2D eigenvalue weighted by atomic mass is 9.66. The van der Waals surface area contributed by atoms with Crippen LogP contribution in [0.3, 0.4) is 0 Å². The van der Waals surface area contributed by atoms with Crippen molar-refractivity contribution in [1.29, 1.82) is 0 Å². The van der Waals surface area contributed by atoms with Crippen LogP contribution in [0.15, 0.2) is 205 Å². The predicted octanol–water partition coefficient (Wildman–Crippen LogP) is 13.4. The summed E-state index contributed by atoms with van der Waals surface area (Å²) >= 11 is 0. The van der Waals surface area contributed by atoms with Crippen molar-refractivity contribution in [1.82, 2.24) is 24.9 Å². The predicted molar refractivity (Wildman–Crippen MR) is 247 cm³/mol. The molecule has 0 unspecified atom stereocenters. The summed E-state index contributed by atoms with van der Waals surface area (Å²) in [7, 11) is 0. The van der Waals surface area contributed by atoms with Gasteiger partial charge < -0.3 is 9.15 Å². The molecule has 0 atom stereocenters. The molecule has 0 N–H and O–H groups in total. The lowest BCUT2D eigenvalue weighted by Gasteiger charge is -2.39. The molecule has 1 aliphatic carbocycles. The molecular weight excluding hydrogens is 775 g/mol. The molecule has 0 fully saturated rings. The van der Waals surface area contributed by atoms with E-state index in [4.69, 9.17) is 34.1 Å². The van der Waals surface area contributed by atoms with Gasteiger partial charge >= 0.3 is 0 Å². The Labute approximate surface area is 362 Å². The minimum Gasteiger partial charge on any atom is -0.457 e. The van der Waals surface area contributed by atoms with E-state index in [0.29, 0.717) is 28.9 Å². The van der Waals surface area contributed by atoms with E-state index in [1.54, 1.807) is 0 Å². The first kappa shape index (κ1) is 35.2. The first-order chi connectivity index (χ1) is 31.2. The zero-order chi connectivity index (χ0) is 41.5. The van der Waals surface area contributed by atoms with E-state index in [-0.39, 0.29) is 0 Å². The van der Waals surface area contributed by atoms with Crippen LogP contribution in [0, 0.1) is 0 Å². The summed E-state index contributed by atoms with van der Waals surface area (Å²) < 4.78 is 13.1. The van der Waals surface area contributed by atoms with Gasteiger partial charge in [-0.15, -0.1) is 0 Å². The fourth-order valence-corrected chi connectivity index (χ4v) is 9.64. The number of furan rings is 1. The number of benzene rings is 8. The van der Waals surface area contributed by atoms with Gasteiger partial charge in [-0.3, -0.25) is 0 Å². The highest BCUT2D eigenvalue weighted by Gasteiger charge is 2.51. The highest BCUT2D eigenvalue weighted by atomic mass is 16.5. The largest absolute Gasteiger partial charge is 0.457 e. The van der Waals surface area contributed by atoms with Crippen molar-refractivity contribution < 1.29 is 9.15 Å². The molecule has 0 saturated heterocycles. The van der Waals surface area contributed by atoms with Gasteiger partial charge in [-0.2, -0.15) is 0 Å². The number of rotatable bonds is 5. The Bertz CT molecular complexity index is 3500. The number of fused-ring (bicyclic) bond motifs is 12. The maximum Gasteiger partial charge on any atom is 0.180 e. The number of ether oxygens (including phenoxy) is 1. The van der Waals surface area contributed by atoms with Crippen LogP contribution in [-0.4, -0.2) is 24.9 Å². The van der Waals surface area contributed by atoms with Crippen molar-refractivity contribution in [3.05, 3.63) is 222 Å². The molecule has 7 nitrogen and oxygen atoms in total. The van der Waals surface area contributed by atoms with Crippen LogP contribution in [0.1, 0.15) is 22.3 Å². The van der Waals surface area contributed by atoms with Crippen molar-refractivity contribution in [3.63, 3.8) is 0 Å². The Morgan fingerprint density at radius 2 is 0.810 bits per heavy atom. The summed E-state index contributed by atoms with van der Waals surface area (Å²) in [5.41, 5.74) is 13.4. The molecule has 0 amide bonds. The lowest BCUT2D eigenvalue weighted by Crippen LogP contribution is -2.32. The number of nitrogens with zero attached hydrogens (tertiary/aromatic N) is 5. The molecule has 0 bridgehead atoms. The summed E-state index contributed by atoms with van der Waals surface area (Å²) in [4.78, 5) is 25.8. The minimum atomic E-state index is -0.683. The van der Waals surface area contributed by atoms with Crippen LogP contribution in [0.4, 0.5) is 0 Å². The molecule has 7 heteroatoms. The van der Waals surface area contributed by atoms with E-state index in [0.717, 1.165) is 94.9 Å². The van der Waals surface area contributed by atoms with Gasteiger partial charge in [0.1, 0.15) is 28.3 Å². The topological polar surface area (TPSA) is 86.8 Å².